The van der Waals surface area contributed by atoms with Gasteiger partial charge in [0, 0.05) is 4.88 Å². The number of hydrogen-bond acceptors (Lipinski definition) is 6. The van der Waals surface area contributed by atoms with Gasteiger partial charge in [0.25, 0.3) is 5.91 Å². The van der Waals surface area contributed by atoms with Crippen LogP contribution in [-0.4, -0.2) is 32.7 Å². The molecule has 128 valence electrons. The summed E-state index contributed by atoms with van der Waals surface area (Å²) < 4.78 is 7.16. The summed E-state index contributed by atoms with van der Waals surface area (Å²) in [5.41, 5.74) is 2.44. The van der Waals surface area contributed by atoms with Crippen LogP contribution in [-0.2, 0) is 12.8 Å². The van der Waals surface area contributed by atoms with Gasteiger partial charge in [-0.05, 0) is 54.3 Å². The standard InChI is InChI=1S/C17H17N5O2S/c1-2-24-13-8-4-3-7-12(13)19-16(23)15-11-6-5-9-14(11)25-17(15)22-10-18-20-21-22/h3-4,7-8,10H,2,5-6,9H2,1H3,(H,19,23). The Balaban J connectivity index is 1.71. The van der Waals surface area contributed by atoms with Gasteiger partial charge in [-0.25, -0.2) is 0 Å². The molecule has 0 aliphatic heterocycles. The summed E-state index contributed by atoms with van der Waals surface area (Å²) in [6.45, 7) is 2.46. The summed E-state index contributed by atoms with van der Waals surface area (Å²) in [5, 5.41) is 15.1. The molecule has 7 nitrogen and oxygen atoms in total. The van der Waals surface area contributed by atoms with Crippen molar-refractivity contribution in [2.45, 2.75) is 26.2 Å². The van der Waals surface area contributed by atoms with Crippen molar-refractivity contribution in [3.05, 3.63) is 46.6 Å². The molecular formula is C17H17N5O2S. The summed E-state index contributed by atoms with van der Waals surface area (Å²) in [6.07, 6.45) is 4.50. The quantitative estimate of drug-likeness (QED) is 0.761. The molecule has 0 saturated carbocycles. The molecule has 0 atom stereocenters. The molecule has 1 amide bonds. The molecule has 3 aromatic rings. The highest BCUT2D eigenvalue weighted by atomic mass is 32.1. The Morgan fingerprint density at radius 3 is 3.04 bits per heavy atom. The largest absolute Gasteiger partial charge is 0.492 e. The minimum atomic E-state index is -0.156. The smallest absolute Gasteiger partial charge is 0.259 e. The number of ether oxygens (including phenoxy) is 1. The van der Waals surface area contributed by atoms with Crippen molar-refractivity contribution in [3.63, 3.8) is 0 Å². The molecular weight excluding hydrogens is 338 g/mol. The molecule has 0 saturated heterocycles. The minimum absolute atomic E-state index is 0.156. The van der Waals surface area contributed by atoms with Gasteiger partial charge >= 0.3 is 0 Å². The maximum atomic E-state index is 13.1. The zero-order valence-corrected chi connectivity index (χ0v) is 14.5. The lowest BCUT2D eigenvalue weighted by molar-refractivity contribution is 0.102. The van der Waals surface area contributed by atoms with Gasteiger partial charge in [-0.1, -0.05) is 12.1 Å². The Kier molecular flexibility index (Phi) is 4.19. The average molecular weight is 355 g/mol. The second kappa shape index (κ2) is 6.64. The number of nitrogens with zero attached hydrogens (tertiary/aromatic N) is 4. The predicted molar refractivity (Wildman–Crippen MR) is 94.6 cm³/mol. The molecule has 0 fully saturated rings. The molecule has 25 heavy (non-hydrogen) atoms. The number of carbonyl (C=O) groups is 1. The van der Waals surface area contributed by atoms with Crippen LogP contribution in [0.15, 0.2) is 30.6 Å². The van der Waals surface area contributed by atoms with E-state index >= 15 is 0 Å². The lowest BCUT2D eigenvalue weighted by atomic mass is 10.1. The molecule has 1 aliphatic rings. The molecule has 2 aromatic heterocycles. The molecule has 0 unspecified atom stereocenters. The molecule has 0 radical (unpaired) electrons. The first-order valence-corrected chi connectivity index (χ1v) is 9.00. The number of aromatic nitrogens is 4. The summed E-state index contributed by atoms with van der Waals surface area (Å²) in [4.78, 5) is 14.3. The maximum absolute atomic E-state index is 13.1. The average Bonchev–Trinajstić information content (AvgIpc) is 3.33. The third kappa shape index (κ3) is 2.89. The molecule has 0 spiro atoms. The van der Waals surface area contributed by atoms with E-state index in [-0.39, 0.29) is 5.91 Å². The number of tetrazole rings is 1. The zero-order valence-electron chi connectivity index (χ0n) is 13.7. The third-order valence-corrected chi connectivity index (χ3v) is 5.40. The van der Waals surface area contributed by atoms with Crippen molar-refractivity contribution in [3.8, 4) is 10.8 Å². The van der Waals surface area contributed by atoms with Crippen molar-refractivity contribution < 1.29 is 9.53 Å². The lowest BCUT2D eigenvalue weighted by Crippen LogP contribution is -2.16. The van der Waals surface area contributed by atoms with Crippen LogP contribution in [0.1, 0.15) is 34.1 Å². The van der Waals surface area contributed by atoms with Crippen LogP contribution >= 0.6 is 11.3 Å². The van der Waals surface area contributed by atoms with Crippen LogP contribution in [0.3, 0.4) is 0 Å². The topological polar surface area (TPSA) is 81.9 Å². The molecule has 8 heteroatoms. The highest BCUT2D eigenvalue weighted by Crippen LogP contribution is 2.38. The Bertz CT molecular complexity index is 904. The fourth-order valence-electron chi connectivity index (χ4n) is 3.08. The minimum Gasteiger partial charge on any atom is -0.492 e. The summed E-state index contributed by atoms with van der Waals surface area (Å²) in [6, 6.07) is 7.44. The number of benzene rings is 1. The van der Waals surface area contributed by atoms with Gasteiger partial charge in [-0.15, -0.1) is 16.4 Å². The Morgan fingerprint density at radius 1 is 1.36 bits per heavy atom. The first-order chi connectivity index (χ1) is 12.3. The number of para-hydroxylation sites is 2. The first kappa shape index (κ1) is 15.8. The Labute approximate surface area is 148 Å². The number of amides is 1. The van der Waals surface area contributed by atoms with Gasteiger partial charge < -0.3 is 10.1 Å². The van der Waals surface area contributed by atoms with Gasteiger partial charge in [-0.3, -0.25) is 4.79 Å². The van der Waals surface area contributed by atoms with Crippen LogP contribution in [0, 0.1) is 0 Å². The molecule has 4 rings (SSSR count). The molecule has 1 N–H and O–H groups in total. The van der Waals surface area contributed by atoms with Crippen molar-refractivity contribution in [2.75, 3.05) is 11.9 Å². The molecule has 1 aromatic carbocycles. The number of rotatable bonds is 5. The highest BCUT2D eigenvalue weighted by molar-refractivity contribution is 7.15. The SMILES string of the molecule is CCOc1ccccc1NC(=O)c1c(-n2cnnn2)sc2c1CCC2. The van der Waals surface area contributed by atoms with Crippen molar-refractivity contribution >= 4 is 22.9 Å². The number of anilines is 1. The highest BCUT2D eigenvalue weighted by Gasteiger charge is 2.28. The molecule has 0 bridgehead atoms. The second-order valence-electron chi connectivity index (χ2n) is 5.68. The van der Waals surface area contributed by atoms with Crippen LogP contribution in [0.5, 0.6) is 5.75 Å². The monoisotopic (exact) mass is 355 g/mol. The molecule has 1 aliphatic carbocycles. The van der Waals surface area contributed by atoms with E-state index in [1.54, 1.807) is 16.0 Å². The van der Waals surface area contributed by atoms with Gasteiger partial charge in [0.2, 0.25) is 0 Å². The predicted octanol–water partition coefficient (Wildman–Crippen LogP) is 2.86. The van der Waals surface area contributed by atoms with Crippen molar-refractivity contribution in [1.82, 2.24) is 20.2 Å². The van der Waals surface area contributed by atoms with E-state index in [0.29, 0.717) is 23.6 Å². The number of nitrogens with one attached hydrogen (secondary N) is 1. The fraction of sp³-hybridized carbons (Fsp3) is 0.294. The maximum Gasteiger partial charge on any atom is 0.259 e. The van der Waals surface area contributed by atoms with E-state index < -0.39 is 0 Å². The van der Waals surface area contributed by atoms with E-state index in [0.717, 1.165) is 29.8 Å². The van der Waals surface area contributed by atoms with Crippen molar-refractivity contribution in [1.29, 1.82) is 0 Å². The number of fused-ring (bicyclic) bond motifs is 1. The van der Waals surface area contributed by atoms with Crippen LogP contribution < -0.4 is 10.1 Å². The van der Waals surface area contributed by atoms with E-state index in [1.165, 1.54) is 11.2 Å². The third-order valence-electron chi connectivity index (χ3n) is 4.12. The van der Waals surface area contributed by atoms with Gasteiger partial charge in [0.1, 0.15) is 17.1 Å². The fourth-order valence-corrected chi connectivity index (χ4v) is 4.38. The van der Waals surface area contributed by atoms with E-state index in [1.807, 2.05) is 31.2 Å². The summed E-state index contributed by atoms with van der Waals surface area (Å²) >= 11 is 1.59. The lowest BCUT2D eigenvalue weighted by Gasteiger charge is -2.12. The Hall–Kier alpha value is -2.74. The van der Waals surface area contributed by atoms with Gasteiger partial charge in [0.05, 0.1) is 17.9 Å². The second-order valence-corrected chi connectivity index (χ2v) is 6.76. The number of hydrogen-bond donors (Lipinski definition) is 1. The van der Waals surface area contributed by atoms with Crippen molar-refractivity contribution in [2.24, 2.45) is 0 Å². The van der Waals surface area contributed by atoms with Crippen LogP contribution in [0.25, 0.3) is 5.00 Å². The number of carbonyl (C=O) groups excluding carboxylic acids is 1. The van der Waals surface area contributed by atoms with Gasteiger partial charge in [-0.2, -0.15) is 4.68 Å². The van der Waals surface area contributed by atoms with Gasteiger partial charge in [0.15, 0.2) is 0 Å². The number of thiophene rings is 1. The van der Waals surface area contributed by atoms with E-state index in [2.05, 4.69) is 20.8 Å². The normalized spacial score (nSPS) is 12.8. The first-order valence-electron chi connectivity index (χ1n) is 8.19. The van der Waals surface area contributed by atoms with Crippen LogP contribution in [0.2, 0.25) is 0 Å². The Morgan fingerprint density at radius 2 is 2.24 bits per heavy atom. The van der Waals surface area contributed by atoms with Crippen LogP contribution in [0.4, 0.5) is 5.69 Å². The summed E-state index contributed by atoms with van der Waals surface area (Å²) in [7, 11) is 0. The van der Waals surface area contributed by atoms with E-state index in [4.69, 9.17) is 4.74 Å². The molecule has 2 heterocycles. The zero-order chi connectivity index (χ0) is 17.2. The summed E-state index contributed by atoms with van der Waals surface area (Å²) in [5.74, 6) is 0.506. The van der Waals surface area contributed by atoms with E-state index in [9.17, 15) is 4.79 Å². The number of aryl methyl sites for hydroxylation is 1.